The van der Waals surface area contributed by atoms with E-state index >= 15 is 0 Å². The number of carbonyl (C=O) groups is 1. The van der Waals surface area contributed by atoms with Crippen molar-refractivity contribution in [3.05, 3.63) is 30.3 Å². The first-order chi connectivity index (χ1) is 11.7. The molecule has 0 radical (unpaired) electrons. The maximum atomic E-state index is 11.9. The van der Waals surface area contributed by atoms with Crippen molar-refractivity contribution in [1.82, 2.24) is 10.6 Å². The molecule has 2 amide bonds. The zero-order valence-corrected chi connectivity index (χ0v) is 13.6. The molecular weight excluding hydrogens is 310 g/mol. The van der Waals surface area contributed by atoms with Gasteiger partial charge in [0.2, 0.25) is 0 Å². The molecule has 7 nitrogen and oxygen atoms in total. The van der Waals surface area contributed by atoms with E-state index in [0.29, 0.717) is 12.6 Å². The summed E-state index contributed by atoms with van der Waals surface area (Å²) in [5.74, 6) is 0. The lowest BCUT2D eigenvalue weighted by molar-refractivity contribution is 0.0402. The van der Waals surface area contributed by atoms with Crippen LogP contribution < -0.4 is 16.0 Å². The maximum Gasteiger partial charge on any atom is 0.319 e. The molecule has 24 heavy (non-hydrogen) atoms. The van der Waals surface area contributed by atoms with Crippen LogP contribution in [-0.4, -0.2) is 61.8 Å². The molecule has 3 atom stereocenters. The molecule has 2 fully saturated rings. The molecule has 1 aromatic rings. The van der Waals surface area contributed by atoms with E-state index in [0.717, 1.165) is 31.7 Å². The van der Waals surface area contributed by atoms with Gasteiger partial charge in [-0.15, -0.1) is 0 Å². The molecule has 132 valence electrons. The van der Waals surface area contributed by atoms with E-state index in [9.17, 15) is 9.90 Å². The highest BCUT2D eigenvalue weighted by molar-refractivity contribution is 5.89. The number of benzene rings is 1. The largest absolute Gasteiger partial charge is 0.389 e. The molecule has 2 aliphatic rings. The lowest BCUT2D eigenvalue weighted by Gasteiger charge is -2.27. The van der Waals surface area contributed by atoms with Gasteiger partial charge in [0.15, 0.2) is 0 Å². The number of rotatable bonds is 5. The van der Waals surface area contributed by atoms with Crippen molar-refractivity contribution in [3.63, 3.8) is 0 Å². The Morgan fingerprint density at radius 3 is 2.71 bits per heavy atom. The minimum Gasteiger partial charge on any atom is -0.389 e. The number of ether oxygens (including phenoxy) is 2. The lowest BCUT2D eigenvalue weighted by Crippen LogP contribution is -2.49. The quantitative estimate of drug-likeness (QED) is 0.636. The summed E-state index contributed by atoms with van der Waals surface area (Å²) in [6.45, 7) is 2.23. The zero-order chi connectivity index (χ0) is 16.8. The third-order valence-corrected chi connectivity index (χ3v) is 4.45. The molecule has 2 aliphatic heterocycles. The molecule has 2 saturated heterocycles. The number of hydrogen-bond acceptors (Lipinski definition) is 5. The van der Waals surface area contributed by atoms with Crippen LogP contribution in [0.3, 0.4) is 0 Å². The van der Waals surface area contributed by atoms with Crippen molar-refractivity contribution in [2.45, 2.75) is 37.1 Å². The first-order valence-corrected chi connectivity index (χ1v) is 8.46. The Morgan fingerprint density at radius 1 is 1.21 bits per heavy atom. The van der Waals surface area contributed by atoms with Gasteiger partial charge in [0.05, 0.1) is 18.8 Å². The summed E-state index contributed by atoms with van der Waals surface area (Å²) in [5.41, 5.74) is 0.724. The van der Waals surface area contributed by atoms with Gasteiger partial charge in [-0.25, -0.2) is 4.79 Å². The monoisotopic (exact) mass is 335 g/mol. The van der Waals surface area contributed by atoms with Gasteiger partial charge in [0.25, 0.3) is 0 Å². The molecule has 0 spiro atoms. The average molecular weight is 335 g/mol. The second kappa shape index (κ2) is 8.43. The molecule has 4 N–H and O–H groups in total. The Kier molecular flexibility index (Phi) is 6.03. The normalized spacial score (nSPS) is 27.8. The topological polar surface area (TPSA) is 91.9 Å². The fourth-order valence-corrected chi connectivity index (χ4v) is 3.07. The second-order valence-corrected chi connectivity index (χ2v) is 6.22. The highest BCUT2D eigenvalue weighted by Crippen LogP contribution is 2.17. The standard InChI is InChI=1S/C17H25N3O4/c21-16-14(19-13-6-8-23-9-7-13)11-24-15(16)10-18-17(22)20-12-4-2-1-3-5-12/h1-5,13-16,19,21H,6-11H2,(H2,18,20,22). The van der Waals surface area contributed by atoms with Gasteiger partial charge in [0, 0.05) is 31.5 Å². The predicted molar refractivity (Wildman–Crippen MR) is 90.0 cm³/mol. The number of aliphatic hydroxyl groups is 1. The second-order valence-electron chi connectivity index (χ2n) is 6.22. The van der Waals surface area contributed by atoms with E-state index < -0.39 is 12.2 Å². The van der Waals surface area contributed by atoms with Crippen LogP contribution in [0.4, 0.5) is 10.5 Å². The number of para-hydroxylation sites is 1. The summed E-state index contributed by atoms with van der Waals surface area (Å²) in [4.78, 5) is 11.9. The number of aliphatic hydroxyl groups excluding tert-OH is 1. The van der Waals surface area contributed by atoms with Crippen LogP contribution in [0.25, 0.3) is 0 Å². The van der Waals surface area contributed by atoms with Gasteiger partial charge < -0.3 is 30.5 Å². The van der Waals surface area contributed by atoms with Crippen molar-refractivity contribution >= 4 is 11.7 Å². The Labute approximate surface area is 141 Å². The summed E-state index contributed by atoms with van der Waals surface area (Å²) in [6, 6.07) is 9.17. The zero-order valence-electron chi connectivity index (χ0n) is 13.6. The van der Waals surface area contributed by atoms with Crippen molar-refractivity contribution in [2.75, 3.05) is 31.7 Å². The Balaban J connectivity index is 1.40. The highest BCUT2D eigenvalue weighted by atomic mass is 16.5. The van der Waals surface area contributed by atoms with Crippen LogP contribution in [-0.2, 0) is 9.47 Å². The molecule has 2 heterocycles. The molecule has 3 unspecified atom stereocenters. The molecule has 3 rings (SSSR count). The number of carbonyl (C=O) groups excluding carboxylic acids is 1. The summed E-state index contributed by atoms with van der Waals surface area (Å²) in [7, 11) is 0. The minimum atomic E-state index is -0.634. The number of urea groups is 1. The lowest BCUT2D eigenvalue weighted by atomic mass is 10.0. The fourth-order valence-electron chi connectivity index (χ4n) is 3.07. The number of nitrogens with one attached hydrogen (secondary N) is 3. The van der Waals surface area contributed by atoms with Gasteiger partial charge in [-0.3, -0.25) is 0 Å². The number of anilines is 1. The molecule has 7 heteroatoms. The van der Waals surface area contributed by atoms with Gasteiger partial charge in [0.1, 0.15) is 6.10 Å². The Bertz CT molecular complexity index is 522. The first-order valence-electron chi connectivity index (χ1n) is 8.46. The average Bonchev–Trinajstić information content (AvgIpc) is 2.95. The SMILES string of the molecule is O=C(NCC1OCC(NC2CCOCC2)C1O)Nc1ccccc1. The molecule has 0 saturated carbocycles. The summed E-state index contributed by atoms with van der Waals surface area (Å²) >= 11 is 0. The third kappa shape index (κ3) is 4.67. The van der Waals surface area contributed by atoms with E-state index in [1.165, 1.54) is 0 Å². The van der Waals surface area contributed by atoms with Crippen molar-refractivity contribution in [2.24, 2.45) is 0 Å². The van der Waals surface area contributed by atoms with E-state index in [-0.39, 0.29) is 18.6 Å². The van der Waals surface area contributed by atoms with Crippen LogP contribution in [0.15, 0.2) is 30.3 Å². The van der Waals surface area contributed by atoms with Crippen LogP contribution in [0.2, 0.25) is 0 Å². The molecule has 0 aliphatic carbocycles. The van der Waals surface area contributed by atoms with Gasteiger partial charge in [-0.05, 0) is 25.0 Å². The van der Waals surface area contributed by atoms with E-state index in [1.807, 2.05) is 30.3 Å². The summed E-state index contributed by atoms with van der Waals surface area (Å²) < 4.78 is 11.0. The molecular formula is C17H25N3O4. The Hall–Kier alpha value is -1.67. The van der Waals surface area contributed by atoms with Gasteiger partial charge in [-0.1, -0.05) is 18.2 Å². The van der Waals surface area contributed by atoms with E-state index in [2.05, 4.69) is 16.0 Å². The van der Waals surface area contributed by atoms with Crippen molar-refractivity contribution in [1.29, 1.82) is 0 Å². The Morgan fingerprint density at radius 2 is 1.96 bits per heavy atom. The van der Waals surface area contributed by atoms with Gasteiger partial charge >= 0.3 is 6.03 Å². The summed E-state index contributed by atoms with van der Waals surface area (Å²) in [5, 5.41) is 19.3. The van der Waals surface area contributed by atoms with Crippen LogP contribution in [0, 0.1) is 0 Å². The highest BCUT2D eigenvalue weighted by Gasteiger charge is 2.37. The predicted octanol–water partition coefficient (Wildman–Crippen LogP) is 0.705. The molecule has 0 aromatic heterocycles. The van der Waals surface area contributed by atoms with Crippen LogP contribution in [0.1, 0.15) is 12.8 Å². The van der Waals surface area contributed by atoms with Crippen molar-refractivity contribution < 1.29 is 19.4 Å². The number of hydrogen-bond donors (Lipinski definition) is 4. The fraction of sp³-hybridized carbons (Fsp3) is 0.588. The molecule has 0 bridgehead atoms. The minimum absolute atomic E-state index is 0.0999. The van der Waals surface area contributed by atoms with E-state index in [4.69, 9.17) is 9.47 Å². The number of amides is 2. The third-order valence-electron chi connectivity index (χ3n) is 4.45. The van der Waals surface area contributed by atoms with Crippen LogP contribution >= 0.6 is 0 Å². The maximum absolute atomic E-state index is 11.9. The summed E-state index contributed by atoms with van der Waals surface area (Å²) in [6.07, 6.45) is 0.866. The van der Waals surface area contributed by atoms with Gasteiger partial charge in [-0.2, -0.15) is 0 Å². The van der Waals surface area contributed by atoms with E-state index in [1.54, 1.807) is 0 Å². The van der Waals surface area contributed by atoms with Crippen molar-refractivity contribution in [3.8, 4) is 0 Å². The smallest absolute Gasteiger partial charge is 0.319 e. The first kappa shape index (κ1) is 17.2. The molecule has 1 aromatic carbocycles. The van der Waals surface area contributed by atoms with Crippen LogP contribution in [0.5, 0.6) is 0 Å².